The molecule has 2 rings (SSSR count). The maximum atomic E-state index is 12.1. The van der Waals surface area contributed by atoms with E-state index in [1.807, 2.05) is 12.3 Å². The first kappa shape index (κ1) is 16.7. The molecular weight excluding hydrogens is 330 g/mol. The van der Waals surface area contributed by atoms with E-state index in [0.717, 1.165) is 10.0 Å². The van der Waals surface area contributed by atoms with Gasteiger partial charge in [0.05, 0.1) is 5.25 Å². The summed E-state index contributed by atoms with van der Waals surface area (Å²) in [5.41, 5.74) is 1.45. The summed E-state index contributed by atoms with van der Waals surface area (Å²) < 4.78 is 29.2. The number of halogens is 2. The molecule has 4 nitrogen and oxygen atoms in total. The van der Waals surface area contributed by atoms with Crippen LogP contribution in [0.3, 0.4) is 0 Å². The number of hydrogen-bond donors (Lipinski definition) is 1. The van der Waals surface area contributed by atoms with Crippen LogP contribution in [0.15, 0.2) is 34.0 Å². The summed E-state index contributed by atoms with van der Waals surface area (Å²) in [5.74, 6) is -0.130. The molecule has 0 saturated carbocycles. The molecule has 0 saturated heterocycles. The van der Waals surface area contributed by atoms with E-state index in [1.54, 1.807) is 6.92 Å². The van der Waals surface area contributed by atoms with Gasteiger partial charge in [-0.2, -0.15) is 8.78 Å². The summed E-state index contributed by atoms with van der Waals surface area (Å²) in [5, 5.41) is 4.33. The fourth-order valence-corrected chi connectivity index (χ4v) is 3.54. The van der Waals surface area contributed by atoms with Gasteiger partial charge in [-0.05, 0) is 38.1 Å². The molecule has 0 aliphatic rings. The Bertz CT molecular complexity index is 632. The predicted octanol–water partition coefficient (Wildman–Crippen LogP) is 4.17. The molecule has 0 aliphatic carbocycles. The Morgan fingerprint density at radius 1 is 1.36 bits per heavy atom. The van der Waals surface area contributed by atoms with Crippen molar-refractivity contribution < 1.29 is 18.3 Å². The van der Waals surface area contributed by atoms with Crippen LogP contribution >= 0.6 is 23.1 Å². The number of amides is 1. The van der Waals surface area contributed by atoms with Crippen LogP contribution in [0.1, 0.15) is 12.6 Å². The van der Waals surface area contributed by atoms with Crippen molar-refractivity contribution >= 4 is 34.7 Å². The van der Waals surface area contributed by atoms with E-state index in [4.69, 9.17) is 0 Å². The number of aromatic nitrogens is 1. The highest BCUT2D eigenvalue weighted by Crippen LogP contribution is 2.27. The van der Waals surface area contributed by atoms with Gasteiger partial charge < -0.3 is 10.1 Å². The molecule has 1 atom stereocenters. The van der Waals surface area contributed by atoms with Crippen molar-refractivity contribution in [1.82, 2.24) is 4.98 Å². The minimum absolute atomic E-state index is 0.0497. The number of nitrogens with zero attached hydrogens (tertiary/aromatic N) is 1. The Labute approximate surface area is 134 Å². The van der Waals surface area contributed by atoms with Crippen LogP contribution in [0.5, 0.6) is 5.75 Å². The molecule has 1 amide bonds. The first-order chi connectivity index (χ1) is 10.4. The lowest BCUT2D eigenvalue weighted by Gasteiger charge is -2.11. The number of alkyl halides is 2. The van der Waals surface area contributed by atoms with Crippen LogP contribution in [-0.2, 0) is 4.79 Å². The fourth-order valence-electron chi connectivity index (χ4n) is 1.55. The Morgan fingerprint density at radius 2 is 2.05 bits per heavy atom. The number of aryl methyl sites for hydroxylation is 1. The monoisotopic (exact) mass is 344 g/mol. The van der Waals surface area contributed by atoms with Crippen molar-refractivity contribution in [2.45, 2.75) is 30.0 Å². The number of benzene rings is 1. The van der Waals surface area contributed by atoms with Crippen molar-refractivity contribution in [2.24, 2.45) is 0 Å². The van der Waals surface area contributed by atoms with Gasteiger partial charge in [0.1, 0.15) is 5.75 Å². The van der Waals surface area contributed by atoms with E-state index < -0.39 is 6.61 Å². The zero-order chi connectivity index (χ0) is 16.1. The summed E-state index contributed by atoms with van der Waals surface area (Å²) in [6, 6.07) is 5.79. The van der Waals surface area contributed by atoms with E-state index in [1.165, 1.54) is 47.4 Å². The minimum Gasteiger partial charge on any atom is -0.435 e. The Kier molecular flexibility index (Phi) is 5.73. The maximum absolute atomic E-state index is 12.1. The van der Waals surface area contributed by atoms with Gasteiger partial charge in [0, 0.05) is 16.8 Å². The number of thiazole rings is 1. The SMILES string of the molecule is Cc1csc(SC(C)C(=O)Nc2ccc(OC(F)F)cc2)n1. The van der Waals surface area contributed by atoms with E-state index in [9.17, 15) is 13.6 Å². The zero-order valence-electron chi connectivity index (χ0n) is 11.9. The summed E-state index contributed by atoms with van der Waals surface area (Å²) in [6.45, 7) is 0.818. The highest BCUT2D eigenvalue weighted by atomic mass is 32.2. The average Bonchev–Trinajstić information content (AvgIpc) is 2.85. The molecule has 0 bridgehead atoms. The van der Waals surface area contributed by atoms with Crippen LogP contribution < -0.4 is 10.1 Å². The number of hydrogen-bond acceptors (Lipinski definition) is 5. The van der Waals surface area contributed by atoms with Gasteiger partial charge >= 0.3 is 6.61 Å². The topological polar surface area (TPSA) is 51.2 Å². The van der Waals surface area contributed by atoms with Crippen molar-refractivity contribution in [1.29, 1.82) is 0 Å². The average molecular weight is 344 g/mol. The molecule has 0 spiro atoms. The van der Waals surface area contributed by atoms with Gasteiger partial charge in [-0.25, -0.2) is 4.98 Å². The second-order valence-corrected chi connectivity index (χ2v) is 6.85. The highest BCUT2D eigenvalue weighted by molar-refractivity contribution is 8.02. The summed E-state index contributed by atoms with van der Waals surface area (Å²) in [4.78, 5) is 16.4. The van der Waals surface area contributed by atoms with Crippen LogP contribution in [0.4, 0.5) is 14.5 Å². The molecule has 0 aliphatic heterocycles. The Hall–Kier alpha value is -1.67. The molecule has 8 heteroatoms. The van der Waals surface area contributed by atoms with Gasteiger partial charge in [0.25, 0.3) is 0 Å². The molecular formula is C14H14F2N2O2S2. The van der Waals surface area contributed by atoms with Gasteiger partial charge in [-0.3, -0.25) is 4.79 Å². The fraction of sp³-hybridized carbons (Fsp3) is 0.286. The molecule has 118 valence electrons. The summed E-state index contributed by atoms with van der Waals surface area (Å²) in [6.07, 6.45) is 0. The molecule has 1 unspecified atom stereocenters. The lowest BCUT2D eigenvalue weighted by molar-refractivity contribution is -0.115. The molecule has 0 fully saturated rings. The van der Waals surface area contributed by atoms with Crippen molar-refractivity contribution in [2.75, 3.05) is 5.32 Å². The number of rotatable bonds is 6. The first-order valence-corrected chi connectivity index (χ1v) is 8.14. The number of ether oxygens (including phenoxy) is 1. The number of anilines is 1. The molecule has 0 radical (unpaired) electrons. The highest BCUT2D eigenvalue weighted by Gasteiger charge is 2.16. The van der Waals surface area contributed by atoms with E-state index in [2.05, 4.69) is 15.0 Å². The van der Waals surface area contributed by atoms with Crippen molar-refractivity contribution in [3.8, 4) is 5.75 Å². The van der Waals surface area contributed by atoms with E-state index >= 15 is 0 Å². The van der Waals surface area contributed by atoms with E-state index in [-0.39, 0.29) is 16.9 Å². The Morgan fingerprint density at radius 3 is 2.59 bits per heavy atom. The van der Waals surface area contributed by atoms with Gasteiger partial charge in [-0.1, -0.05) is 11.8 Å². The van der Waals surface area contributed by atoms with Crippen LogP contribution in [0.2, 0.25) is 0 Å². The first-order valence-electron chi connectivity index (χ1n) is 6.38. The molecule has 1 heterocycles. The molecule has 2 aromatic rings. The molecule has 22 heavy (non-hydrogen) atoms. The second kappa shape index (κ2) is 7.55. The van der Waals surface area contributed by atoms with Crippen LogP contribution in [0, 0.1) is 6.92 Å². The number of carbonyl (C=O) groups excluding carboxylic acids is 1. The van der Waals surface area contributed by atoms with Crippen LogP contribution in [-0.4, -0.2) is 22.8 Å². The third-order valence-corrected chi connectivity index (χ3v) is 4.78. The normalized spacial score (nSPS) is 12.2. The maximum Gasteiger partial charge on any atom is 0.387 e. The Balaban J connectivity index is 1.90. The lowest BCUT2D eigenvalue weighted by Crippen LogP contribution is -2.22. The summed E-state index contributed by atoms with van der Waals surface area (Å²) in [7, 11) is 0. The third kappa shape index (κ3) is 4.96. The van der Waals surface area contributed by atoms with Crippen LogP contribution in [0.25, 0.3) is 0 Å². The van der Waals surface area contributed by atoms with Gasteiger partial charge in [0.2, 0.25) is 5.91 Å². The van der Waals surface area contributed by atoms with Gasteiger partial charge in [0.15, 0.2) is 4.34 Å². The largest absolute Gasteiger partial charge is 0.435 e. The number of nitrogens with one attached hydrogen (secondary N) is 1. The third-order valence-electron chi connectivity index (χ3n) is 2.59. The molecule has 1 N–H and O–H groups in total. The summed E-state index contributed by atoms with van der Waals surface area (Å²) >= 11 is 2.87. The standard InChI is InChI=1S/C14H14F2N2O2S2/c1-8-7-21-14(17-8)22-9(2)12(19)18-10-3-5-11(6-4-10)20-13(15)16/h3-7,9,13H,1-2H3,(H,18,19). The smallest absolute Gasteiger partial charge is 0.387 e. The zero-order valence-corrected chi connectivity index (χ0v) is 13.5. The molecule has 1 aromatic heterocycles. The lowest BCUT2D eigenvalue weighted by atomic mass is 10.3. The quantitative estimate of drug-likeness (QED) is 0.799. The predicted molar refractivity (Wildman–Crippen MR) is 83.9 cm³/mol. The van der Waals surface area contributed by atoms with Gasteiger partial charge in [-0.15, -0.1) is 11.3 Å². The minimum atomic E-state index is -2.86. The van der Waals surface area contributed by atoms with Crippen molar-refractivity contribution in [3.05, 3.63) is 35.3 Å². The van der Waals surface area contributed by atoms with E-state index in [0.29, 0.717) is 5.69 Å². The molecule has 1 aromatic carbocycles. The van der Waals surface area contributed by atoms with Crippen molar-refractivity contribution in [3.63, 3.8) is 0 Å². The number of thioether (sulfide) groups is 1. The second-order valence-electron chi connectivity index (χ2n) is 4.41. The number of carbonyl (C=O) groups is 1.